The number of hydrogen-bond donors (Lipinski definition) is 1. The molecule has 0 amide bonds. The first kappa shape index (κ1) is 12.0. The van der Waals surface area contributed by atoms with Crippen LogP contribution in [-0.4, -0.2) is 23.5 Å². The van der Waals surface area contributed by atoms with Gasteiger partial charge in [0.1, 0.15) is 5.75 Å². The second kappa shape index (κ2) is 5.70. The van der Waals surface area contributed by atoms with Crippen LogP contribution in [0.1, 0.15) is 12.5 Å². The number of hydrogen-bond acceptors (Lipinski definition) is 4. The standard InChI is InChI=1S/C12H12O4/c1-2-16-12(15)11(14)8-5-9-3-6-10(13)7-4-9/h3-8,13H,2H2,1H3/b8-5+. The Morgan fingerprint density at radius 1 is 1.31 bits per heavy atom. The molecule has 0 aromatic heterocycles. The van der Waals surface area contributed by atoms with E-state index in [-0.39, 0.29) is 12.4 Å². The van der Waals surface area contributed by atoms with E-state index in [2.05, 4.69) is 4.74 Å². The van der Waals surface area contributed by atoms with Gasteiger partial charge in [0.05, 0.1) is 6.61 Å². The van der Waals surface area contributed by atoms with E-state index in [1.54, 1.807) is 19.1 Å². The van der Waals surface area contributed by atoms with Crippen LogP contribution in [-0.2, 0) is 14.3 Å². The van der Waals surface area contributed by atoms with Gasteiger partial charge in [-0.15, -0.1) is 0 Å². The summed E-state index contributed by atoms with van der Waals surface area (Å²) in [6.07, 6.45) is 2.63. The van der Waals surface area contributed by atoms with Crippen molar-refractivity contribution in [1.29, 1.82) is 0 Å². The zero-order chi connectivity index (χ0) is 12.0. The van der Waals surface area contributed by atoms with Gasteiger partial charge < -0.3 is 9.84 Å². The van der Waals surface area contributed by atoms with Crippen LogP contribution in [0.15, 0.2) is 30.3 Å². The predicted octanol–water partition coefficient (Wildman–Crippen LogP) is 1.54. The Morgan fingerprint density at radius 3 is 2.50 bits per heavy atom. The van der Waals surface area contributed by atoms with Crippen molar-refractivity contribution in [2.24, 2.45) is 0 Å². The van der Waals surface area contributed by atoms with Gasteiger partial charge in [0.2, 0.25) is 0 Å². The fourth-order valence-electron chi connectivity index (χ4n) is 1.03. The first-order chi connectivity index (χ1) is 7.63. The van der Waals surface area contributed by atoms with Crippen LogP contribution < -0.4 is 0 Å². The predicted molar refractivity (Wildman–Crippen MR) is 58.8 cm³/mol. The summed E-state index contributed by atoms with van der Waals surface area (Å²) in [5.74, 6) is -1.42. The van der Waals surface area contributed by atoms with E-state index in [1.165, 1.54) is 18.2 Å². The van der Waals surface area contributed by atoms with Gasteiger partial charge in [-0.2, -0.15) is 0 Å². The molecule has 1 rings (SSSR count). The van der Waals surface area contributed by atoms with Crippen molar-refractivity contribution in [3.8, 4) is 5.75 Å². The van der Waals surface area contributed by atoms with Crippen molar-refractivity contribution in [1.82, 2.24) is 0 Å². The SMILES string of the molecule is CCOC(=O)C(=O)/C=C/c1ccc(O)cc1. The molecule has 0 radical (unpaired) electrons. The summed E-state index contributed by atoms with van der Waals surface area (Å²) < 4.78 is 4.53. The van der Waals surface area contributed by atoms with E-state index in [9.17, 15) is 9.59 Å². The largest absolute Gasteiger partial charge is 0.508 e. The number of ether oxygens (including phenoxy) is 1. The van der Waals surface area contributed by atoms with Crippen molar-refractivity contribution < 1.29 is 19.4 Å². The Balaban J connectivity index is 2.63. The molecule has 16 heavy (non-hydrogen) atoms. The van der Waals surface area contributed by atoms with Crippen molar-refractivity contribution in [3.05, 3.63) is 35.9 Å². The van der Waals surface area contributed by atoms with Crippen LogP contribution in [0.25, 0.3) is 6.08 Å². The molecule has 1 aromatic carbocycles. The molecular weight excluding hydrogens is 208 g/mol. The van der Waals surface area contributed by atoms with E-state index in [0.29, 0.717) is 0 Å². The number of benzene rings is 1. The van der Waals surface area contributed by atoms with Gasteiger partial charge in [0.15, 0.2) is 0 Å². The minimum absolute atomic E-state index is 0.147. The smallest absolute Gasteiger partial charge is 0.379 e. The highest BCUT2D eigenvalue weighted by Gasteiger charge is 2.09. The van der Waals surface area contributed by atoms with Crippen molar-refractivity contribution >= 4 is 17.8 Å². The van der Waals surface area contributed by atoms with Crippen molar-refractivity contribution in [3.63, 3.8) is 0 Å². The number of phenolic OH excluding ortho intramolecular Hbond substituents is 1. The van der Waals surface area contributed by atoms with Gasteiger partial charge in [-0.05, 0) is 30.7 Å². The Labute approximate surface area is 93.2 Å². The molecule has 1 N–H and O–H groups in total. The molecule has 0 unspecified atom stereocenters. The Morgan fingerprint density at radius 2 is 1.94 bits per heavy atom. The highest BCUT2D eigenvalue weighted by molar-refractivity contribution is 6.39. The molecule has 0 fully saturated rings. The summed E-state index contributed by atoms with van der Waals surface area (Å²) in [4.78, 5) is 22.1. The average molecular weight is 220 g/mol. The number of carbonyl (C=O) groups excluding carboxylic acids is 2. The quantitative estimate of drug-likeness (QED) is 0.475. The summed E-state index contributed by atoms with van der Waals surface area (Å²) in [5, 5.41) is 9.03. The lowest BCUT2D eigenvalue weighted by Gasteiger charge is -1.96. The fraction of sp³-hybridized carbons (Fsp3) is 0.167. The number of carbonyl (C=O) groups is 2. The van der Waals surface area contributed by atoms with E-state index in [1.807, 2.05) is 0 Å². The van der Waals surface area contributed by atoms with E-state index < -0.39 is 11.8 Å². The Hall–Kier alpha value is -2.10. The van der Waals surface area contributed by atoms with Crippen molar-refractivity contribution in [2.45, 2.75) is 6.92 Å². The summed E-state index contributed by atoms with van der Waals surface area (Å²) in [7, 11) is 0. The summed E-state index contributed by atoms with van der Waals surface area (Å²) in [5.41, 5.74) is 0.718. The minimum Gasteiger partial charge on any atom is -0.508 e. The monoisotopic (exact) mass is 220 g/mol. The van der Waals surface area contributed by atoms with Gasteiger partial charge in [-0.1, -0.05) is 18.2 Å². The molecule has 0 saturated heterocycles. The molecule has 0 heterocycles. The molecule has 0 aliphatic carbocycles. The van der Waals surface area contributed by atoms with Gasteiger partial charge in [-0.3, -0.25) is 4.79 Å². The highest BCUT2D eigenvalue weighted by atomic mass is 16.5. The van der Waals surface area contributed by atoms with Crippen molar-refractivity contribution in [2.75, 3.05) is 6.61 Å². The lowest BCUT2D eigenvalue weighted by molar-refractivity contribution is -0.151. The normalized spacial score (nSPS) is 10.3. The van der Waals surface area contributed by atoms with Crippen LogP contribution in [0.5, 0.6) is 5.75 Å². The zero-order valence-electron chi connectivity index (χ0n) is 8.84. The molecule has 0 spiro atoms. The van der Waals surface area contributed by atoms with Gasteiger partial charge in [-0.25, -0.2) is 4.79 Å². The van der Waals surface area contributed by atoms with Crippen LogP contribution in [0, 0.1) is 0 Å². The molecule has 84 valence electrons. The number of ketones is 1. The maximum absolute atomic E-state index is 11.2. The maximum Gasteiger partial charge on any atom is 0.379 e. The topological polar surface area (TPSA) is 63.6 Å². The minimum atomic E-state index is -0.863. The summed E-state index contributed by atoms with van der Waals surface area (Å²) >= 11 is 0. The fourth-order valence-corrected chi connectivity index (χ4v) is 1.03. The Kier molecular flexibility index (Phi) is 4.27. The first-order valence-electron chi connectivity index (χ1n) is 4.81. The summed E-state index contributed by atoms with van der Waals surface area (Å²) in [6.45, 7) is 1.81. The third-order valence-corrected chi connectivity index (χ3v) is 1.80. The van der Waals surface area contributed by atoms with Crippen LogP contribution >= 0.6 is 0 Å². The molecule has 0 atom stereocenters. The van der Waals surface area contributed by atoms with Crippen LogP contribution in [0.3, 0.4) is 0 Å². The summed E-state index contributed by atoms with van der Waals surface area (Å²) in [6, 6.07) is 6.25. The lowest BCUT2D eigenvalue weighted by Crippen LogP contribution is -2.14. The number of rotatable bonds is 4. The molecular formula is C12H12O4. The number of esters is 1. The van der Waals surface area contributed by atoms with Crippen LogP contribution in [0.4, 0.5) is 0 Å². The average Bonchev–Trinajstić information content (AvgIpc) is 2.28. The zero-order valence-corrected chi connectivity index (χ0v) is 8.84. The van der Waals surface area contributed by atoms with Gasteiger partial charge >= 0.3 is 5.97 Å². The molecule has 4 nitrogen and oxygen atoms in total. The van der Waals surface area contributed by atoms with E-state index in [0.717, 1.165) is 11.6 Å². The van der Waals surface area contributed by atoms with Gasteiger partial charge in [0.25, 0.3) is 5.78 Å². The molecule has 0 aliphatic rings. The van der Waals surface area contributed by atoms with E-state index in [4.69, 9.17) is 5.11 Å². The third kappa shape index (κ3) is 3.57. The maximum atomic E-state index is 11.2. The number of aromatic hydroxyl groups is 1. The lowest BCUT2D eigenvalue weighted by atomic mass is 10.2. The highest BCUT2D eigenvalue weighted by Crippen LogP contribution is 2.10. The molecule has 0 bridgehead atoms. The molecule has 4 heteroatoms. The number of phenols is 1. The second-order valence-corrected chi connectivity index (χ2v) is 3.01. The third-order valence-electron chi connectivity index (χ3n) is 1.80. The Bertz CT molecular complexity index is 404. The van der Waals surface area contributed by atoms with E-state index >= 15 is 0 Å². The molecule has 0 aliphatic heterocycles. The molecule has 0 saturated carbocycles. The second-order valence-electron chi connectivity index (χ2n) is 3.01. The van der Waals surface area contributed by atoms with Crippen LogP contribution in [0.2, 0.25) is 0 Å². The molecule has 1 aromatic rings. The van der Waals surface area contributed by atoms with Gasteiger partial charge in [0, 0.05) is 0 Å². The first-order valence-corrected chi connectivity index (χ1v) is 4.81.